The van der Waals surface area contributed by atoms with E-state index in [1.54, 1.807) is 0 Å². The third kappa shape index (κ3) is 2.39. The molecule has 1 aromatic heterocycles. The van der Waals surface area contributed by atoms with Crippen molar-refractivity contribution in [2.45, 2.75) is 33.1 Å². The van der Waals surface area contributed by atoms with Crippen molar-refractivity contribution in [2.75, 3.05) is 23.7 Å². The van der Waals surface area contributed by atoms with E-state index >= 15 is 0 Å². The molecule has 3 N–H and O–H groups in total. The molecule has 0 saturated carbocycles. The lowest BCUT2D eigenvalue weighted by Gasteiger charge is -2.26. The maximum atomic E-state index is 6.21. The van der Waals surface area contributed by atoms with Gasteiger partial charge in [0.2, 0.25) is 0 Å². The first-order valence-electron chi connectivity index (χ1n) is 7.03. The Hall–Kier alpha value is -1.71. The van der Waals surface area contributed by atoms with Crippen LogP contribution in [0, 0.1) is 5.41 Å². The van der Waals surface area contributed by atoms with E-state index in [9.17, 15) is 0 Å². The number of aromatic amines is 1. The van der Waals surface area contributed by atoms with E-state index in [-0.39, 0.29) is 0 Å². The minimum atomic E-state index is 0.446. The third-order valence-electron chi connectivity index (χ3n) is 4.27. The van der Waals surface area contributed by atoms with Gasteiger partial charge in [0.15, 0.2) is 0 Å². The number of nitrogens with two attached hydrogens (primary N) is 1. The van der Waals surface area contributed by atoms with Gasteiger partial charge in [0.05, 0.1) is 23.1 Å². The Balaban J connectivity index is 1.92. The Labute approximate surface area is 114 Å². The van der Waals surface area contributed by atoms with Gasteiger partial charge in [-0.05, 0) is 36.8 Å². The number of aromatic nitrogens is 2. The van der Waals surface area contributed by atoms with Gasteiger partial charge in [-0.1, -0.05) is 13.8 Å². The lowest BCUT2D eigenvalue weighted by Crippen LogP contribution is -2.25. The SMILES string of the molecule is CC1(C)CCCN(c2cc3[nH]ncc3cc2N)CC1. The van der Waals surface area contributed by atoms with E-state index in [1.807, 2.05) is 12.3 Å². The second-order valence-electron chi connectivity index (χ2n) is 6.37. The fraction of sp³-hybridized carbons (Fsp3) is 0.533. The molecule has 1 aliphatic heterocycles. The van der Waals surface area contributed by atoms with Crippen molar-refractivity contribution < 1.29 is 0 Å². The van der Waals surface area contributed by atoms with Crippen LogP contribution in [0.1, 0.15) is 33.1 Å². The van der Waals surface area contributed by atoms with Crippen LogP contribution in [-0.2, 0) is 0 Å². The summed E-state index contributed by atoms with van der Waals surface area (Å²) in [5, 5.41) is 8.18. The van der Waals surface area contributed by atoms with Crippen LogP contribution in [0.2, 0.25) is 0 Å². The molecule has 1 saturated heterocycles. The van der Waals surface area contributed by atoms with Gasteiger partial charge in [-0.15, -0.1) is 0 Å². The van der Waals surface area contributed by atoms with Crippen LogP contribution < -0.4 is 10.6 Å². The van der Waals surface area contributed by atoms with Crippen molar-refractivity contribution in [1.82, 2.24) is 10.2 Å². The molecule has 0 bridgehead atoms. The molecule has 2 aromatic rings. The average molecular weight is 258 g/mol. The number of benzene rings is 1. The molecule has 1 fully saturated rings. The van der Waals surface area contributed by atoms with Crippen molar-refractivity contribution in [3.63, 3.8) is 0 Å². The van der Waals surface area contributed by atoms with Gasteiger partial charge in [0.1, 0.15) is 0 Å². The highest BCUT2D eigenvalue weighted by molar-refractivity contribution is 5.88. The van der Waals surface area contributed by atoms with E-state index in [0.29, 0.717) is 5.41 Å². The molecule has 0 spiro atoms. The standard InChI is InChI=1S/C15H22N4/c1-15(2)4-3-6-19(7-5-15)14-9-13-11(8-12(14)16)10-17-18-13/h8-10H,3-7,16H2,1-2H3,(H,17,18). The van der Waals surface area contributed by atoms with Crippen LogP contribution in [0.15, 0.2) is 18.3 Å². The summed E-state index contributed by atoms with van der Waals surface area (Å²) in [5.74, 6) is 0. The Kier molecular flexibility index (Phi) is 2.88. The van der Waals surface area contributed by atoms with Crippen molar-refractivity contribution in [2.24, 2.45) is 5.41 Å². The second-order valence-corrected chi connectivity index (χ2v) is 6.37. The van der Waals surface area contributed by atoms with Crippen LogP contribution in [0.3, 0.4) is 0 Å². The summed E-state index contributed by atoms with van der Waals surface area (Å²) in [4.78, 5) is 2.42. The molecule has 1 aromatic carbocycles. The minimum Gasteiger partial charge on any atom is -0.397 e. The first-order chi connectivity index (χ1) is 9.05. The normalized spacial score (nSPS) is 19.6. The van der Waals surface area contributed by atoms with Crippen LogP contribution in [0.4, 0.5) is 11.4 Å². The van der Waals surface area contributed by atoms with Gasteiger partial charge in [-0.3, -0.25) is 5.10 Å². The summed E-state index contributed by atoms with van der Waals surface area (Å²) in [5.41, 5.74) is 9.72. The van der Waals surface area contributed by atoms with Gasteiger partial charge < -0.3 is 10.6 Å². The molecule has 4 nitrogen and oxygen atoms in total. The number of nitrogens with zero attached hydrogens (tertiary/aromatic N) is 2. The maximum Gasteiger partial charge on any atom is 0.0672 e. The number of hydrogen-bond acceptors (Lipinski definition) is 3. The number of hydrogen-bond donors (Lipinski definition) is 2. The molecule has 0 unspecified atom stereocenters. The van der Waals surface area contributed by atoms with Gasteiger partial charge in [0.25, 0.3) is 0 Å². The van der Waals surface area contributed by atoms with Crippen molar-refractivity contribution >= 4 is 22.3 Å². The molecule has 0 aliphatic carbocycles. The van der Waals surface area contributed by atoms with E-state index in [2.05, 4.69) is 35.0 Å². The number of anilines is 2. The van der Waals surface area contributed by atoms with E-state index in [0.717, 1.165) is 35.4 Å². The molecule has 1 aliphatic rings. The van der Waals surface area contributed by atoms with Crippen LogP contribution in [-0.4, -0.2) is 23.3 Å². The zero-order valence-corrected chi connectivity index (χ0v) is 11.7. The fourth-order valence-corrected chi connectivity index (χ4v) is 2.94. The predicted molar refractivity (Wildman–Crippen MR) is 80.4 cm³/mol. The van der Waals surface area contributed by atoms with E-state index in [4.69, 9.17) is 5.73 Å². The first kappa shape index (κ1) is 12.3. The molecule has 0 amide bonds. The first-order valence-corrected chi connectivity index (χ1v) is 7.03. The quantitative estimate of drug-likeness (QED) is 0.772. The Morgan fingerprint density at radius 2 is 2.11 bits per heavy atom. The number of nitrogens with one attached hydrogen (secondary N) is 1. The smallest absolute Gasteiger partial charge is 0.0672 e. The summed E-state index contributed by atoms with van der Waals surface area (Å²) in [6.45, 7) is 6.89. The highest BCUT2D eigenvalue weighted by atomic mass is 15.1. The molecular weight excluding hydrogens is 236 g/mol. The zero-order chi connectivity index (χ0) is 13.5. The van der Waals surface area contributed by atoms with Crippen LogP contribution >= 0.6 is 0 Å². The topological polar surface area (TPSA) is 57.9 Å². The van der Waals surface area contributed by atoms with Gasteiger partial charge in [-0.25, -0.2) is 0 Å². The fourth-order valence-electron chi connectivity index (χ4n) is 2.94. The lowest BCUT2D eigenvalue weighted by atomic mass is 9.85. The van der Waals surface area contributed by atoms with Crippen molar-refractivity contribution in [3.8, 4) is 0 Å². The Bertz CT molecular complexity index is 585. The Morgan fingerprint density at radius 3 is 2.95 bits per heavy atom. The number of fused-ring (bicyclic) bond motifs is 1. The summed E-state index contributed by atoms with van der Waals surface area (Å²) in [7, 11) is 0. The van der Waals surface area contributed by atoms with Crippen molar-refractivity contribution in [1.29, 1.82) is 0 Å². The molecule has 0 radical (unpaired) electrons. The lowest BCUT2D eigenvalue weighted by molar-refractivity contribution is 0.325. The van der Waals surface area contributed by atoms with Gasteiger partial charge >= 0.3 is 0 Å². The maximum absolute atomic E-state index is 6.21. The highest BCUT2D eigenvalue weighted by Crippen LogP contribution is 2.34. The number of nitrogen functional groups attached to an aromatic ring is 1. The molecule has 3 rings (SSSR count). The monoisotopic (exact) mass is 258 g/mol. The van der Waals surface area contributed by atoms with E-state index < -0.39 is 0 Å². The number of rotatable bonds is 1. The van der Waals surface area contributed by atoms with Crippen LogP contribution in [0.25, 0.3) is 10.9 Å². The average Bonchev–Trinajstić information content (AvgIpc) is 2.71. The molecule has 0 atom stereocenters. The molecule has 102 valence electrons. The highest BCUT2D eigenvalue weighted by Gasteiger charge is 2.24. The second kappa shape index (κ2) is 4.44. The summed E-state index contributed by atoms with van der Waals surface area (Å²) in [6, 6.07) is 4.15. The molecule has 19 heavy (non-hydrogen) atoms. The molecule has 4 heteroatoms. The molecule has 2 heterocycles. The zero-order valence-electron chi connectivity index (χ0n) is 11.7. The third-order valence-corrected chi connectivity index (χ3v) is 4.27. The molecular formula is C15H22N4. The van der Waals surface area contributed by atoms with Gasteiger partial charge in [-0.2, -0.15) is 5.10 Å². The predicted octanol–water partition coefficient (Wildman–Crippen LogP) is 3.16. The minimum absolute atomic E-state index is 0.446. The summed E-state index contributed by atoms with van der Waals surface area (Å²) < 4.78 is 0. The van der Waals surface area contributed by atoms with Gasteiger partial charge in [0, 0.05) is 18.5 Å². The van der Waals surface area contributed by atoms with Crippen molar-refractivity contribution in [3.05, 3.63) is 18.3 Å². The number of H-pyrrole nitrogens is 1. The summed E-state index contributed by atoms with van der Waals surface area (Å²) in [6.07, 6.45) is 5.55. The van der Waals surface area contributed by atoms with Crippen LogP contribution in [0.5, 0.6) is 0 Å². The Morgan fingerprint density at radius 1 is 1.26 bits per heavy atom. The summed E-state index contributed by atoms with van der Waals surface area (Å²) >= 11 is 0. The largest absolute Gasteiger partial charge is 0.397 e. The van der Waals surface area contributed by atoms with E-state index in [1.165, 1.54) is 19.3 Å².